The first-order valence-electron chi connectivity index (χ1n) is 11.9. The molecule has 0 amide bonds. The average molecular weight is 447 g/mol. The molecule has 1 aliphatic heterocycles. The van der Waals surface area contributed by atoms with Crippen molar-refractivity contribution in [3.8, 4) is 0 Å². The molecule has 5 nitrogen and oxygen atoms in total. The normalized spacial score (nSPS) is 23.7. The van der Waals surface area contributed by atoms with E-state index in [1.165, 1.54) is 16.7 Å². The molecule has 0 saturated carbocycles. The molecule has 0 spiro atoms. The molecule has 1 saturated heterocycles. The highest BCUT2D eigenvalue weighted by atomic mass is 31.2. The maximum absolute atomic E-state index is 4.76. The summed E-state index contributed by atoms with van der Waals surface area (Å²) in [5.41, 5.74) is 5.74. The number of allylic oxidation sites excluding steroid dienone is 3. The SMILES string of the molecule is CCN(CC)C1=CC2C(C=C1)[P+]2(c1ccc(N(CC)CC)cc1)n1nnc2ccccc21. The fraction of sp³-hybridized carbons (Fsp3) is 0.385. The van der Waals surface area contributed by atoms with Crippen molar-refractivity contribution in [3.05, 3.63) is 72.5 Å². The number of aromatic nitrogens is 3. The Morgan fingerprint density at radius 2 is 1.53 bits per heavy atom. The molecule has 1 aliphatic carbocycles. The van der Waals surface area contributed by atoms with E-state index in [0.717, 1.165) is 37.2 Å². The van der Waals surface area contributed by atoms with Crippen molar-refractivity contribution in [2.45, 2.75) is 39.0 Å². The quantitative estimate of drug-likeness (QED) is 0.460. The summed E-state index contributed by atoms with van der Waals surface area (Å²) in [7, 11) is -1.78. The maximum atomic E-state index is 4.76. The third-order valence-corrected chi connectivity index (χ3v) is 11.6. The summed E-state index contributed by atoms with van der Waals surface area (Å²) in [6.45, 7) is 13.0. The molecule has 3 aromatic rings. The lowest BCUT2D eigenvalue weighted by Gasteiger charge is -2.22. The Labute approximate surface area is 191 Å². The highest BCUT2D eigenvalue weighted by Crippen LogP contribution is 2.85. The molecule has 5 rings (SSSR count). The molecule has 166 valence electrons. The smallest absolute Gasteiger partial charge is 0.188 e. The van der Waals surface area contributed by atoms with Crippen LogP contribution in [0.3, 0.4) is 0 Å². The maximum Gasteiger partial charge on any atom is 0.188 e. The average Bonchev–Trinajstić information content (AvgIpc) is 3.30. The zero-order valence-corrected chi connectivity index (χ0v) is 20.4. The number of benzene rings is 2. The number of hydrogen-bond donors (Lipinski definition) is 0. The molecule has 6 heteroatoms. The standard InChI is InChI=1S/C26H33N5P/c1-5-29(6-2)20-13-16-22(17-14-20)32(31-24-12-10-9-11-23(24)27-28-31)25-18-15-21(19-26(25)32)30(7-3)8-4/h9-19,25-26H,5-8H2,1-4H3/q+1. The van der Waals surface area contributed by atoms with Crippen LogP contribution in [-0.2, 0) is 0 Å². The molecule has 32 heavy (non-hydrogen) atoms. The van der Waals surface area contributed by atoms with Crippen LogP contribution in [0.4, 0.5) is 5.69 Å². The van der Waals surface area contributed by atoms with Gasteiger partial charge in [0.25, 0.3) is 0 Å². The van der Waals surface area contributed by atoms with E-state index in [9.17, 15) is 0 Å². The van der Waals surface area contributed by atoms with Crippen molar-refractivity contribution in [3.63, 3.8) is 0 Å². The molecule has 1 aromatic heterocycles. The van der Waals surface area contributed by atoms with Gasteiger partial charge in [-0.1, -0.05) is 12.1 Å². The van der Waals surface area contributed by atoms with Crippen LogP contribution < -0.4 is 10.2 Å². The molecule has 1 fully saturated rings. The van der Waals surface area contributed by atoms with Crippen LogP contribution in [-0.4, -0.2) is 57.2 Å². The van der Waals surface area contributed by atoms with Crippen LogP contribution >= 0.6 is 7.41 Å². The number of para-hydroxylation sites is 1. The van der Waals surface area contributed by atoms with E-state index in [2.05, 4.69) is 108 Å². The molecule has 3 atom stereocenters. The van der Waals surface area contributed by atoms with Crippen molar-refractivity contribution in [2.75, 3.05) is 31.1 Å². The van der Waals surface area contributed by atoms with Gasteiger partial charge in [-0.3, -0.25) is 0 Å². The second-order valence-electron chi connectivity index (χ2n) is 8.50. The fourth-order valence-electron chi connectivity index (χ4n) is 5.36. The molecular weight excluding hydrogens is 413 g/mol. The second kappa shape index (κ2) is 8.37. The number of likely N-dealkylation sites (N-methyl/N-ethyl adjacent to an activating group) is 1. The van der Waals surface area contributed by atoms with Gasteiger partial charge in [0.2, 0.25) is 0 Å². The Bertz CT molecular complexity index is 1160. The number of anilines is 1. The molecule has 0 N–H and O–H groups in total. The predicted octanol–water partition coefficient (Wildman–Crippen LogP) is 4.93. The zero-order chi connectivity index (χ0) is 22.3. The van der Waals surface area contributed by atoms with Crippen molar-refractivity contribution >= 4 is 29.4 Å². The largest absolute Gasteiger partial charge is 0.372 e. The van der Waals surface area contributed by atoms with E-state index >= 15 is 0 Å². The molecule has 2 aromatic carbocycles. The van der Waals surface area contributed by atoms with E-state index < -0.39 is 7.41 Å². The Kier molecular flexibility index (Phi) is 5.54. The lowest BCUT2D eigenvalue weighted by atomic mass is 10.1. The minimum Gasteiger partial charge on any atom is -0.372 e. The summed E-state index contributed by atoms with van der Waals surface area (Å²) in [5, 5.41) is 10.7. The lowest BCUT2D eigenvalue weighted by Crippen LogP contribution is -2.22. The lowest BCUT2D eigenvalue weighted by molar-refractivity contribution is 0.392. The molecule has 0 bridgehead atoms. The molecule has 3 unspecified atom stereocenters. The van der Waals surface area contributed by atoms with Crippen LogP contribution in [0.1, 0.15) is 27.7 Å². The zero-order valence-electron chi connectivity index (χ0n) is 19.5. The minimum absolute atomic E-state index is 0.479. The molecular formula is C26H33N5P+. The third-order valence-electron chi connectivity index (χ3n) is 7.14. The summed E-state index contributed by atoms with van der Waals surface area (Å²) in [5.74, 6) is 0. The van der Waals surface area contributed by atoms with Gasteiger partial charge in [-0.15, -0.1) is 9.55 Å². The first kappa shape index (κ1) is 21.2. The van der Waals surface area contributed by atoms with Crippen molar-refractivity contribution < 1.29 is 0 Å². The van der Waals surface area contributed by atoms with Crippen LogP contribution in [0, 0.1) is 0 Å². The van der Waals surface area contributed by atoms with Gasteiger partial charge >= 0.3 is 0 Å². The van der Waals surface area contributed by atoms with Crippen LogP contribution in [0.2, 0.25) is 0 Å². The monoisotopic (exact) mass is 446 g/mol. The summed E-state index contributed by atoms with van der Waals surface area (Å²) < 4.78 is 2.30. The van der Waals surface area contributed by atoms with E-state index in [0.29, 0.717) is 11.3 Å². The van der Waals surface area contributed by atoms with Gasteiger partial charge in [-0.25, -0.2) is 0 Å². The Morgan fingerprint density at radius 3 is 2.22 bits per heavy atom. The van der Waals surface area contributed by atoms with Gasteiger partial charge in [0, 0.05) is 37.6 Å². The third kappa shape index (κ3) is 3.09. The Balaban J connectivity index is 1.63. The second-order valence-corrected chi connectivity index (χ2v) is 12.1. The van der Waals surface area contributed by atoms with Crippen LogP contribution in [0.15, 0.2) is 72.5 Å². The number of fused-ring (bicyclic) bond motifs is 2. The van der Waals surface area contributed by atoms with Gasteiger partial charge in [0.05, 0.1) is 0 Å². The predicted molar refractivity (Wildman–Crippen MR) is 137 cm³/mol. The molecule has 0 radical (unpaired) electrons. The summed E-state index contributed by atoms with van der Waals surface area (Å²) in [6, 6.07) is 17.7. The highest BCUT2D eigenvalue weighted by Gasteiger charge is 2.77. The van der Waals surface area contributed by atoms with E-state index in [1.807, 2.05) is 6.07 Å². The summed E-state index contributed by atoms with van der Waals surface area (Å²) >= 11 is 0. The summed E-state index contributed by atoms with van der Waals surface area (Å²) in [6.07, 6.45) is 7.29. The van der Waals surface area contributed by atoms with Crippen LogP contribution in [0.5, 0.6) is 0 Å². The number of rotatable bonds is 8. The van der Waals surface area contributed by atoms with Crippen molar-refractivity contribution in [1.29, 1.82) is 0 Å². The fourth-order valence-corrected chi connectivity index (χ4v) is 10.1. The van der Waals surface area contributed by atoms with E-state index in [1.54, 1.807) is 0 Å². The molecule has 2 aliphatic rings. The van der Waals surface area contributed by atoms with Crippen molar-refractivity contribution in [2.24, 2.45) is 0 Å². The summed E-state index contributed by atoms with van der Waals surface area (Å²) in [4.78, 5) is 4.85. The molecule has 2 heterocycles. The van der Waals surface area contributed by atoms with Gasteiger partial charge in [-0.05, 0) is 87.5 Å². The number of nitrogens with zero attached hydrogens (tertiary/aromatic N) is 5. The minimum atomic E-state index is -1.78. The van der Waals surface area contributed by atoms with Gasteiger partial charge in [0.15, 0.2) is 18.7 Å². The van der Waals surface area contributed by atoms with Crippen molar-refractivity contribution in [1.82, 2.24) is 19.7 Å². The van der Waals surface area contributed by atoms with E-state index in [-0.39, 0.29) is 0 Å². The van der Waals surface area contributed by atoms with Gasteiger partial charge < -0.3 is 9.80 Å². The topological polar surface area (TPSA) is 37.2 Å². The Hall–Kier alpha value is -2.65. The van der Waals surface area contributed by atoms with Gasteiger partial charge in [-0.2, -0.15) is 0 Å². The van der Waals surface area contributed by atoms with Crippen LogP contribution in [0.25, 0.3) is 11.0 Å². The first-order valence-corrected chi connectivity index (χ1v) is 13.8. The van der Waals surface area contributed by atoms with Gasteiger partial charge in [0.1, 0.15) is 16.3 Å². The Morgan fingerprint density at radius 1 is 0.844 bits per heavy atom. The number of hydrogen-bond acceptors (Lipinski definition) is 4. The highest BCUT2D eigenvalue weighted by molar-refractivity contribution is 7.90. The van der Waals surface area contributed by atoms with E-state index in [4.69, 9.17) is 5.21 Å². The first-order chi connectivity index (χ1) is 15.7.